The van der Waals surface area contributed by atoms with E-state index in [1.54, 1.807) is 0 Å². The lowest BCUT2D eigenvalue weighted by Gasteiger charge is -2.38. The van der Waals surface area contributed by atoms with Crippen LogP contribution in [-0.4, -0.2) is 81.1 Å². The number of hydrogen-bond donors (Lipinski definition) is 5. The quantitative estimate of drug-likeness (QED) is 0.361. The van der Waals surface area contributed by atoms with E-state index in [4.69, 9.17) is 10.2 Å². The number of aliphatic hydroxyl groups is 5. The second-order valence-electron chi connectivity index (χ2n) is 4.33. The van der Waals surface area contributed by atoms with E-state index in [9.17, 15) is 15.3 Å². The maximum absolute atomic E-state index is 9.55. The highest BCUT2D eigenvalue weighted by Gasteiger charge is 2.29. The molecule has 96 valence electrons. The molecule has 16 heavy (non-hydrogen) atoms. The van der Waals surface area contributed by atoms with Gasteiger partial charge in [-0.25, -0.2) is 0 Å². The van der Waals surface area contributed by atoms with Crippen LogP contribution >= 0.6 is 0 Å². The lowest BCUT2D eigenvalue weighted by molar-refractivity contribution is -0.0549. The Bertz CT molecular complexity index is 204. The minimum atomic E-state index is -1.16. The molecule has 5 N–H and O–H groups in total. The number of rotatable bonds is 5. The topological polar surface area (TPSA) is 104 Å². The molecule has 0 amide bonds. The Morgan fingerprint density at radius 3 is 2.44 bits per heavy atom. The number of hydrogen-bond acceptors (Lipinski definition) is 6. The van der Waals surface area contributed by atoms with Crippen molar-refractivity contribution in [2.75, 3.05) is 26.3 Å². The highest BCUT2D eigenvalue weighted by Crippen LogP contribution is 2.17. The van der Waals surface area contributed by atoms with E-state index in [0.717, 1.165) is 0 Å². The summed E-state index contributed by atoms with van der Waals surface area (Å²) in [5.74, 6) is 0. The highest BCUT2D eigenvalue weighted by molar-refractivity contribution is 4.83. The molecular formula is C10H21NO5. The minimum Gasteiger partial charge on any atom is -0.395 e. The smallest absolute Gasteiger partial charge is 0.104 e. The maximum Gasteiger partial charge on any atom is 0.104 e. The molecule has 6 heteroatoms. The van der Waals surface area contributed by atoms with Gasteiger partial charge in [0, 0.05) is 19.1 Å². The monoisotopic (exact) mass is 235 g/mol. The van der Waals surface area contributed by atoms with Gasteiger partial charge in [-0.05, 0) is 12.8 Å². The molecule has 0 bridgehead atoms. The average Bonchev–Trinajstić information content (AvgIpc) is 2.30. The second-order valence-corrected chi connectivity index (χ2v) is 4.33. The third kappa shape index (κ3) is 3.65. The fraction of sp³-hybridized carbons (Fsp3) is 1.00. The van der Waals surface area contributed by atoms with E-state index in [1.165, 1.54) is 0 Å². The van der Waals surface area contributed by atoms with Crippen molar-refractivity contribution in [3.8, 4) is 0 Å². The summed E-state index contributed by atoms with van der Waals surface area (Å²) in [6.07, 6.45) is -1.54. The second kappa shape index (κ2) is 6.48. The molecule has 0 aromatic carbocycles. The van der Waals surface area contributed by atoms with E-state index >= 15 is 0 Å². The molecule has 1 heterocycles. The molecule has 0 spiro atoms. The summed E-state index contributed by atoms with van der Waals surface area (Å²) in [6, 6.07) is -0.190. The van der Waals surface area contributed by atoms with Gasteiger partial charge in [-0.1, -0.05) is 0 Å². The van der Waals surface area contributed by atoms with Crippen molar-refractivity contribution in [1.29, 1.82) is 0 Å². The van der Waals surface area contributed by atoms with Gasteiger partial charge in [0.25, 0.3) is 0 Å². The van der Waals surface area contributed by atoms with Crippen LogP contribution in [0.5, 0.6) is 0 Å². The van der Waals surface area contributed by atoms with Crippen molar-refractivity contribution < 1.29 is 25.5 Å². The summed E-state index contributed by atoms with van der Waals surface area (Å²) in [5, 5.41) is 46.0. The Kier molecular flexibility index (Phi) is 5.60. The standard InChI is InChI=1S/C10H21NO5/c12-5-7-3-8(14)1-2-11(7)4-9(15)10(16)6-13/h7-10,12-16H,1-6H2/t7-,8+,9-,10-/m0/s1. The van der Waals surface area contributed by atoms with E-state index in [1.807, 2.05) is 4.90 Å². The van der Waals surface area contributed by atoms with Gasteiger partial charge in [0.2, 0.25) is 0 Å². The van der Waals surface area contributed by atoms with Crippen LogP contribution in [0, 0.1) is 0 Å². The van der Waals surface area contributed by atoms with Gasteiger partial charge in [-0.3, -0.25) is 4.90 Å². The summed E-state index contributed by atoms with van der Waals surface area (Å²) >= 11 is 0. The Morgan fingerprint density at radius 2 is 1.88 bits per heavy atom. The summed E-state index contributed by atoms with van der Waals surface area (Å²) < 4.78 is 0. The van der Waals surface area contributed by atoms with E-state index in [0.29, 0.717) is 19.4 Å². The molecule has 1 aliphatic heterocycles. The van der Waals surface area contributed by atoms with Crippen LogP contribution in [0.3, 0.4) is 0 Å². The van der Waals surface area contributed by atoms with Crippen LogP contribution in [-0.2, 0) is 0 Å². The van der Waals surface area contributed by atoms with Crippen molar-refractivity contribution in [1.82, 2.24) is 4.90 Å². The summed E-state index contributed by atoms with van der Waals surface area (Å²) in [4.78, 5) is 1.83. The molecule has 0 unspecified atom stereocenters. The van der Waals surface area contributed by atoms with Crippen molar-refractivity contribution in [3.05, 3.63) is 0 Å². The molecule has 0 aromatic rings. The summed E-state index contributed by atoms with van der Waals surface area (Å²) in [6.45, 7) is 0.196. The normalized spacial score (nSPS) is 31.3. The number of piperidine rings is 1. The molecule has 4 atom stereocenters. The molecule has 0 saturated carbocycles. The molecule has 1 aliphatic rings. The maximum atomic E-state index is 9.55. The molecule has 6 nitrogen and oxygen atoms in total. The van der Waals surface area contributed by atoms with Crippen LogP contribution in [0.4, 0.5) is 0 Å². The first kappa shape index (κ1) is 13.8. The van der Waals surface area contributed by atoms with Crippen molar-refractivity contribution >= 4 is 0 Å². The molecule has 0 radical (unpaired) electrons. The van der Waals surface area contributed by atoms with Crippen LogP contribution in [0.25, 0.3) is 0 Å². The molecule has 1 saturated heterocycles. The minimum absolute atomic E-state index is 0.0843. The predicted octanol–water partition coefficient (Wildman–Crippen LogP) is -2.48. The first-order chi connectivity index (χ1) is 7.58. The van der Waals surface area contributed by atoms with Crippen molar-refractivity contribution in [2.24, 2.45) is 0 Å². The SMILES string of the molecule is OC[C@@H]1C[C@H](O)CCN1C[C@H](O)[C@@H](O)CO. The van der Waals surface area contributed by atoms with Crippen molar-refractivity contribution in [2.45, 2.75) is 37.2 Å². The predicted molar refractivity (Wildman–Crippen MR) is 56.8 cm³/mol. The Labute approximate surface area is 94.7 Å². The average molecular weight is 235 g/mol. The van der Waals surface area contributed by atoms with Gasteiger partial charge in [-0.15, -0.1) is 0 Å². The molecule has 1 rings (SSSR count). The first-order valence-corrected chi connectivity index (χ1v) is 5.58. The largest absolute Gasteiger partial charge is 0.395 e. The Hall–Kier alpha value is -0.240. The first-order valence-electron chi connectivity index (χ1n) is 5.58. The Balaban J connectivity index is 2.45. The molecule has 0 aromatic heterocycles. The third-order valence-electron chi connectivity index (χ3n) is 3.07. The van der Waals surface area contributed by atoms with Crippen LogP contribution in [0.2, 0.25) is 0 Å². The van der Waals surface area contributed by atoms with Gasteiger partial charge in [-0.2, -0.15) is 0 Å². The van der Waals surface area contributed by atoms with E-state index in [-0.39, 0.29) is 19.2 Å². The molecular weight excluding hydrogens is 214 g/mol. The number of likely N-dealkylation sites (tertiary alicyclic amines) is 1. The van der Waals surface area contributed by atoms with E-state index < -0.39 is 24.9 Å². The fourth-order valence-electron chi connectivity index (χ4n) is 1.99. The number of β-amino-alcohol motifs (C(OH)–C–C–N with tert-alkyl or cyclic N) is 1. The highest BCUT2D eigenvalue weighted by atomic mass is 16.4. The van der Waals surface area contributed by atoms with Gasteiger partial charge < -0.3 is 25.5 Å². The zero-order valence-electron chi connectivity index (χ0n) is 9.24. The zero-order valence-corrected chi connectivity index (χ0v) is 9.24. The zero-order chi connectivity index (χ0) is 12.1. The lowest BCUT2D eigenvalue weighted by Crippen LogP contribution is -2.51. The van der Waals surface area contributed by atoms with Gasteiger partial charge in [0.15, 0.2) is 0 Å². The number of aliphatic hydroxyl groups excluding tert-OH is 5. The van der Waals surface area contributed by atoms with Crippen LogP contribution in [0.15, 0.2) is 0 Å². The Morgan fingerprint density at radius 1 is 1.19 bits per heavy atom. The molecule has 0 aliphatic carbocycles. The van der Waals surface area contributed by atoms with E-state index in [2.05, 4.69) is 0 Å². The summed E-state index contributed by atoms with van der Waals surface area (Å²) in [5.41, 5.74) is 0. The fourth-order valence-corrected chi connectivity index (χ4v) is 1.99. The van der Waals surface area contributed by atoms with Gasteiger partial charge >= 0.3 is 0 Å². The van der Waals surface area contributed by atoms with Crippen molar-refractivity contribution in [3.63, 3.8) is 0 Å². The third-order valence-corrected chi connectivity index (χ3v) is 3.07. The molecule has 1 fully saturated rings. The van der Waals surface area contributed by atoms with Gasteiger partial charge in [0.1, 0.15) is 6.10 Å². The number of nitrogens with zero attached hydrogens (tertiary/aromatic N) is 1. The van der Waals surface area contributed by atoms with Crippen LogP contribution in [0.1, 0.15) is 12.8 Å². The lowest BCUT2D eigenvalue weighted by atomic mass is 9.99. The van der Waals surface area contributed by atoms with Gasteiger partial charge in [0.05, 0.1) is 25.4 Å². The van der Waals surface area contributed by atoms with Crippen LogP contribution < -0.4 is 0 Å². The summed E-state index contributed by atoms with van der Waals surface area (Å²) in [7, 11) is 0.